The Bertz CT molecular complexity index is 247. The van der Waals surface area contributed by atoms with Gasteiger partial charge >= 0.3 is 0 Å². The van der Waals surface area contributed by atoms with E-state index in [1.165, 1.54) is 12.3 Å². The van der Waals surface area contributed by atoms with Crippen molar-refractivity contribution >= 4 is 11.8 Å². The summed E-state index contributed by atoms with van der Waals surface area (Å²) in [6.07, 6.45) is 2.68. The van der Waals surface area contributed by atoms with Gasteiger partial charge in [0.05, 0.1) is 0 Å². The average molecular weight is 124 g/mol. The predicted octanol–water partition coefficient (Wildman–Crippen LogP) is 0.950. The first-order valence-electron chi connectivity index (χ1n) is 2.33. The van der Waals surface area contributed by atoms with Gasteiger partial charge in [-0.25, -0.2) is 4.79 Å². The monoisotopic (exact) mass is 124 g/mol. The number of hydrogen-bond donors (Lipinski definition) is 0. The van der Waals surface area contributed by atoms with Crippen LogP contribution in [0.4, 0.5) is 5.69 Å². The van der Waals surface area contributed by atoms with Crippen molar-refractivity contribution in [1.29, 1.82) is 0 Å². The minimum Gasteiger partial charge on any atom is -0.362 e. The van der Waals surface area contributed by atoms with Crippen LogP contribution in [0.5, 0.6) is 0 Å². The maximum Gasteiger partial charge on any atom is 0.240 e. The number of aliphatic imine (C=N–C) groups is 1. The van der Waals surface area contributed by atoms with Crippen LogP contribution in [-0.4, -0.2) is 11.2 Å². The zero-order valence-electron chi connectivity index (χ0n) is 4.79. The van der Waals surface area contributed by atoms with Gasteiger partial charge in [0.15, 0.2) is 6.26 Å². The van der Waals surface area contributed by atoms with E-state index in [4.69, 9.17) is 0 Å². The second-order valence-electron chi connectivity index (χ2n) is 1.49. The number of aryl methyl sites for hydroxylation is 1. The quantitative estimate of drug-likeness (QED) is 0.413. The van der Waals surface area contributed by atoms with Crippen LogP contribution in [0.25, 0.3) is 0 Å². The third-order valence-corrected chi connectivity index (χ3v) is 0.891. The van der Waals surface area contributed by atoms with Crippen molar-refractivity contribution in [1.82, 2.24) is 5.16 Å². The fourth-order valence-electron chi connectivity index (χ4n) is 0.444. The summed E-state index contributed by atoms with van der Waals surface area (Å²) in [5, 5.41) is 3.49. The van der Waals surface area contributed by atoms with E-state index in [0.717, 1.165) is 0 Å². The molecule has 0 N–H and O–H groups in total. The van der Waals surface area contributed by atoms with Crippen LogP contribution in [0.1, 0.15) is 5.69 Å². The molecule has 0 bridgehead atoms. The number of carbonyl (C=O) groups excluding carboxylic acids is 1. The summed E-state index contributed by atoms with van der Waals surface area (Å²) >= 11 is 0. The highest BCUT2D eigenvalue weighted by molar-refractivity contribution is 5.48. The SMILES string of the molecule is Cc1nocc1N=C=O. The van der Waals surface area contributed by atoms with Gasteiger partial charge in [0, 0.05) is 0 Å². The van der Waals surface area contributed by atoms with Gasteiger partial charge in [-0.3, -0.25) is 0 Å². The second-order valence-corrected chi connectivity index (χ2v) is 1.49. The topological polar surface area (TPSA) is 55.5 Å². The highest BCUT2D eigenvalue weighted by atomic mass is 16.5. The lowest BCUT2D eigenvalue weighted by molar-refractivity contribution is 0.415. The molecule has 0 aromatic carbocycles. The molecule has 0 aliphatic carbocycles. The Balaban J connectivity index is 3.07. The van der Waals surface area contributed by atoms with Crippen molar-refractivity contribution in [3.8, 4) is 0 Å². The maximum absolute atomic E-state index is 9.66. The molecular formula is C5H4N2O2. The van der Waals surface area contributed by atoms with E-state index < -0.39 is 0 Å². The molecule has 0 fully saturated rings. The molecule has 4 nitrogen and oxygen atoms in total. The number of aromatic nitrogens is 1. The molecule has 1 aromatic rings. The molecule has 0 saturated heterocycles. The molecule has 0 unspecified atom stereocenters. The zero-order valence-corrected chi connectivity index (χ0v) is 4.79. The molecule has 9 heavy (non-hydrogen) atoms. The van der Waals surface area contributed by atoms with E-state index in [2.05, 4.69) is 14.7 Å². The summed E-state index contributed by atoms with van der Waals surface area (Å²) in [6.45, 7) is 1.69. The predicted molar refractivity (Wildman–Crippen MR) is 29.0 cm³/mol. The summed E-state index contributed by atoms with van der Waals surface area (Å²) in [6, 6.07) is 0. The van der Waals surface area contributed by atoms with Crippen molar-refractivity contribution in [2.75, 3.05) is 0 Å². The normalized spacial score (nSPS) is 8.56. The second kappa shape index (κ2) is 2.24. The minimum atomic E-state index is 0.435. The van der Waals surface area contributed by atoms with Crippen LogP contribution < -0.4 is 0 Å². The first-order valence-corrected chi connectivity index (χ1v) is 2.33. The molecule has 1 rings (SSSR count). The van der Waals surface area contributed by atoms with Gasteiger partial charge in [-0.15, -0.1) is 0 Å². The molecule has 1 aromatic heterocycles. The van der Waals surface area contributed by atoms with Crippen LogP contribution >= 0.6 is 0 Å². The summed E-state index contributed by atoms with van der Waals surface area (Å²) in [4.78, 5) is 13.0. The Kier molecular flexibility index (Phi) is 1.42. The van der Waals surface area contributed by atoms with Crippen molar-refractivity contribution in [3.63, 3.8) is 0 Å². The standard InChI is InChI=1S/C5H4N2O2/c1-4-5(6-3-8)2-9-7-4/h2H,1H3. The number of isocyanates is 1. The van der Waals surface area contributed by atoms with Crippen molar-refractivity contribution in [3.05, 3.63) is 12.0 Å². The van der Waals surface area contributed by atoms with Gasteiger partial charge in [0.25, 0.3) is 0 Å². The highest BCUT2D eigenvalue weighted by Crippen LogP contribution is 2.13. The van der Waals surface area contributed by atoms with Crippen LogP contribution in [0, 0.1) is 6.92 Å². The Labute approximate surface area is 51.2 Å². The first-order chi connectivity index (χ1) is 4.34. The molecule has 0 spiro atoms. The molecule has 4 heteroatoms. The minimum absolute atomic E-state index is 0.435. The largest absolute Gasteiger partial charge is 0.362 e. The number of rotatable bonds is 1. The lowest BCUT2D eigenvalue weighted by Crippen LogP contribution is -1.65. The summed E-state index contributed by atoms with van der Waals surface area (Å²) in [5.41, 5.74) is 1.03. The van der Waals surface area contributed by atoms with E-state index in [1.54, 1.807) is 6.92 Å². The zero-order chi connectivity index (χ0) is 6.69. The maximum atomic E-state index is 9.66. The van der Waals surface area contributed by atoms with Crippen molar-refractivity contribution in [2.45, 2.75) is 6.92 Å². The summed E-state index contributed by atoms with van der Waals surface area (Å²) in [7, 11) is 0. The smallest absolute Gasteiger partial charge is 0.240 e. The van der Waals surface area contributed by atoms with E-state index in [9.17, 15) is 4.79 Å². The Morgan fingerprint density at radius 2 is 2.67 bits per heavy atom. The molecule has 1 heterocycles. The van der Waals surface area contributed by atoms with E-state index in [0.29, 0.717) is 11.4 Å². The van der Waals surface area contributed by atoms with Crippen LogP contribution in [0.2, 0.25) is 0 Å². The van der Waals surface area contributed by atoms with Crippen molar-refractivity contribution < 1.29 is 9.32 Å². The molecule has 0 aliphatic heterocycles. The van der Waals surface area contributed by atoms with Crippen LogP contribution in [0.15, 0.2) is 15.8 Å². The molecule has 0 amide bonds. The van der Waals surface area contributed by atoms with Gasteiger partial charge in [0.2, 0.25) is 6.08 Å². The fourth-order valence-corrected chi connectivity index (χ4v) is 0.444. The van der Waals surface area contributed by atoms with Gasteiger partial charge in [-0.05, 0) is 6.92 Å². The summed E-state index contributed by atoms with van der Waals surface area (Å²) < 4.78 is 4.48. The molecular weight excluding hydrogens is 120 g/mol. The third kappa shape index (κ3) is 1.03. The Morgan fingerprint density at radius 3 is 3.11 bits per heavy atom. The van der Waals surface area contributed by atoms with Gasteiger partial charge in [0.1, 0.15) is 11.4 Å². The molecule has 0 saturated carbocycles. The molecule has 0 aliphatic rings. The first kappa shape index (κ1) is 5.72. The van der Waals surface area contributed by atoms with Gasteiger partial charge < -0.3 is 4.52 Å². The van der Waals surface area contributed by atoms with Gasteiger partial charge in [-0.2, -0.15) is 4.99 Å². The fraction of sp³-hybridized carbons (Fsp3) is 0.200. The highest BCUT2D eigenvalue weighted by Gasteiger charge is 1.97. The van der Waals surface area contributed by atoms with E-state index >= 15 is 0 Å². The lowest BCUT2D eigenvalue weighted by atomic mass is 10.4. The average Bonchev–Trinajstić information content (AvgIpc) is 2.18. The Hall–Kier alpha value is -1.41. The van der Waals surface area contributed by atoms with E-state index in [1.807, 2.05) is 0 Å². The Morgan fingerprint density at radius 1 is 1.89 bits per heavy atom. The number of hydrogen-bond acceptors (Lipinski definition) is 4. The number of nitrogens with zero attached hydrogens (tertiary/aromatic N) is 2. The van der Waals surface area contributed by atoms with E-state index in [-0.39, 0.29) is 0 Å². The third-order valence-electron chi connectivity index (χ3n) is 0.891. The van der Waals surface area contributed by atoms with Gasteiger partial charge in [-0.1, -0.05) is 5.16 Å². The van der Waals surface area contributed by atoms with Crippen molar-refractivity contribution in [2.24, 2.45) is 4.99 Å². The molecule has 0 atom stereocenters. The summed E-state index contributed by atoms with van der Waals surface area (Å²) in [5.74, 6) is 0. The van der Waals surface area contributed by atoms with Crippen LogP contribution in [0.3, 0.4) is 0 Å². The molecule has 46 valence electrons. The molecule has 0 radical (unpaired) electrons. The van der Waals surface area contributed by atoms with Crippen LogP contribution in [-0.2, 0) is 4.79 Å². The lowest BCUT2D eigenvalue weighted by Gasteiger charge is -1.75.